The molecular weight excluding hydrogens is 368 g/mol. The minimum atomic E-state index is -4.13. The smallest absolute Gasteiger partial charge is 0.748 e. The van der Waals surface area contributed by atoms with Gasteiger partial charge in [0.25, 0.3) is 0 Å². The fourth-order valence-electron chi connectivity index (χ4n) is 1.56. The summed E-state index contributed by atoms with van der Waals surface area (Å²) in [6.07, 6.45) is 0. The summed E-state index contributed by atoms with van der Waals surface area (Å²) in [7, 11) is -8.25. The molecule has 0 radical (unpaired) electrons. The molecular formula is C14H14CaO6S2. The summed E-state index contributed by atoms with van der Waals surface area (Å²) >= 11 is 0. The normalized spacial score (nSPS) is 10.9. The van der Waals surface area contributed by atoms with Crippen LogP contribution in [0.2, 0.25) is 0 Å². The summed E-state index contributed by atoms with van der Waals surface area (Å²) in [6.45, 7) is 0. The molecule has 0 aromatic heterocycles. The first-order chi connectivity index (χ1) is 10.2. The molecule has 0 fully saturated rings. The summed E-state index contributed by atoms with van der Waals surface area (Å²) in [4.78, 5) is 0. The number of hydrogen-bond acceptors (Lipinski definition) is 6. The molecule has 2 aromatic carbocycles. The maximum Gasteiger partial charge on any atom is 2.00 e. The third-order valence-electron chi connectivity index (χ3n) is 2.37. The van der Waals surface area contributed by atoms with Crippen molar-refractivity contribution in [3.63, 3.8) is 0 Å². The minimum absolute atomic E-state index is 0. The van der Waals surface area contributed by atoms with Crippen molar-refractivity contribution in [3.8, 4) is 0 Å². The summed E-state index contributed by atoms with van der Waals surface area (Å²) in [5.41, 5.74) is 1.06. The molecule has 0 aliphatic heterocycles. The van der Waals surface area contributed by atoms with Crippen LogP contribution in [0.4, 0.5) is 0 Å². The van der Waals surface area contributed by atoms with E-state index in [1.165, 1.54) is 0 Å². The summed E-state index contributed by atoms with van der Waals surface area (Å²) in [5, 5.41) is 0. The van der Waals surface area contributed by atoms with Crippen LogP contribution in [0.3, 0.4) is 0 Å². The Bertz CT molecular complexity index is 705. The van der Waals surface area contributed by atoms with E-state index in [1.54, 1.807) is 60.7 Å². The number of benzene rings is 2. The average Bonchev–Trinajstić information content (AvgIpc) is 2.38. The largest absolute Gasteiger partial charge is 2.00 e. The zero-order chi connectivity index (χ0) is 16.6. The van der Waals surface area contributed by atoms with E-state index in [2.05, 4.69) is 0 Å². The second-order valence-corrected chi connectivity index (χ2v) is 7.18. The maximum atomic E-state index is 10.2. The van der Waals surface area contributed by atoms with E-state index in [1.807, 2.05) is 0 Å². The number of hydrogen-bond donors (Lipinski definition) is 0. The summed E-state index contributed by atoms with van der Waals surface area (Å²) in [5.74, 6) is -0.846. The molecule has 0 spiro atoms. The molecule has 0 N–H and O–H groups in total. The predicted octanol–water partition coefficient (Wildman–Crippen LogP) is 1.08. The van der Waals surface area contributed by atoms with Crippen molar-refractivity contribution in [2.45, 2.75) is 11.5 Å². The van der Waals surface area contributed by atoms with Gasteiger partial charge in [-0.1, -0.05) is 60.7 Å². The summed E-state index contributed by atoms with van der Waals surface area (Å²) < 4.78 is 61.5. The van der Waals surface area contributed by atoms with Gasteiger partial charge in [-0.3, -0.25) is 0 Å². The van der Waals surface area contributed by atoms with Crippen LogP contribution in [0.25, 0.3) is 0 Å². The fraction of sp³-hybridized carbons (Fsp3) is 0.143. The third kappa shape index (κ3) is 12.6. The Morgan fingerprint density at radius 1 is 0.609 bits per heavy atom. The maximum absolute atomic E-state index is 10.2. The van der Waals surface area contributed by atoms with Crippen LogP contribution < -0.4 is 0 Å². The monoisotopic (exact) mass is 382 g/mol. The molecule has 0 saturated heterocycles. The molecule has 0 aliphatic carbocycles. The first-order valence-electron chi connectivity index (χ1n) is 6.11. The molecule has 0 saturated carbocycles. The molecule has 9 heteroatoms. The minimum Gasteiger partial charge on any atom is -0.748 e. The predicted molar refractivity (Wildman–Crippen MR) is 85.4 cm³/mol. The first kappa shape index (κ1) is 22.5. The van der Waals surface area contributed by atoms with Crippen molar-refractivity contribution in [1.29, 1.82) is 0 Å². The van der Waals surface area contributed by atoms with Gasteiger partial charge in [0.05, 0.1) is 31.7 Å². The van der Waals surface area contributed by atoms with Crippen LogP contribution in [0.1, 0.15) is 11.1 Å². The van der Waals surface area contributed by atoms with E-state index < -0.39 is 31.7 Å². The molecule has 2 rings (SSSR count). The fourth-order valence-corrected chi connectivity index (χ4v) is 2.76. The van der Waals surface area contributed by atoms with E-state index >= 15 is 0 Å². The quantitative estimate of drug-likeness (QED) is 0.577. The summed E-state index contributed by atoms with van der Waals surface area (Å²) in [6, 6.07) is 16.7. The molecule has 0 aliphatic rings. The molecule has 0 bridgehead atoms. The van der Waals surface area contributed by atoms with E-state index in [9.17, 15) is 25.9 Å². The van der Waals surface area contributed by atoms with Gasteiger partial charge < -0.3 is 9.11 Å². The molecule has 6 nitrogen and oxygen atoms in total. The van der Waals surface area contributed by atoms with Crippen molar-refractivity contribution in [3.05, 3.63) is 71.8 Å². The van der Waals surface area contributed by atoms with Gasteiger partial charge in [-0.05, 0) is 11.1 Å². The van der Waals surface area contributed by atoms with Crippen molar-refractivity contribution >= 4 is 58.0 Å². The Balaban J connectivity index is 0.000000403. The average molecular weight is 382 g/mol. The molecule has 0 atom stereocenters. The van der Waals surface area contributed by atoms with E-state index in [0.29, 0.717) is 11.1 Å². The van der Waals surface area contributed by atoms with Crippen LogP contribution in [0, 0.1) is 0 Å². The molecule has 120 valence electrons. The van der Waals surface area contributed by atoms with Crippen LogP contribution in [0.5, 0.6) is 0 Å². The Kier molecular flexibility index (Phi) is 10.2. The Morgan fingerprint density at radius 3 is 1.09 bits per heavy atom. The Hall–Kier alpha value is -0.480. The van der Waals surface area contributed by atoms with Crippen molar-refractivity contribution in [2.24, 2.45) is 0 Å². The molecule has 0 amide bonds. The van der Waals surface area contributed by atoms with Gasteiger partial charge in [-0.2, -0.15) is 0 Å². The van der Waals surface area contributed by atoms with Crippen LogP contribution in [-0.4, -0.2) is 63.7 Å². The number of rotatable bonds is 4. The zero-order valence-electron chi connectivity index (χ0n) is 12.2. The van der Waals surface area contributed by atoms with Gasteiger partial charge in [-0.25, -0.2) is 16.8 Å². The second kappa shape index (κ2) is 10.4. The standard InChI is InChI=1S/2C7H8O3S.Ca/c2*8-11(9,10)6-7-4-2-1-3-5-7;/h2*1-5H,6H2,(H,8,9,10);/q;;+2/p-2. The second-order valence-electron chi connectivity index (χ2n) is 4.38. The van der Waals surface area contributed by atoms with E-state index in [-0.39, 0.29) is 37.7 Å². The van der Waals surface area contributed by atoms with E-state index in [4.69, 9.17) is 0 Å². The zero-order valence-corrected chi connectivity index (χ0v) is 16.0. The molecule has 0 unspecified atom stereocenters. The Morgan fingerprint density at radius 2 is 0.870 bits per heavy atom. The molecule has 2 aromatic rings. The SMILES string of the molecule is O=S(=O)([O-])Cc1ccccc1.O=S(=O)([O-])Cc1ccccc1.[Ca+2]. The third-order valence-corrected chi connectivity index (χ3v) is 3.75. The van der Waals surface area contributed by atoms with Gasteiger partial charge in [0.15, 0.2) is 0 Å². The first-order valence-corrected chi connectivity index (χ1v) is 9.26. The van der Waals surface area contributed by atoms with E-state index in [0.717, 1.165) is 0 Å². The Labute approximate surface area is 166 Å². The van der Waals surface area contributed by atoms with Crippen LogP contribution in [-0.2, 0) is 31.7 Å². The van der Waals surface area contributed by atoms with Crippen molar-refractivity contribution in [2.75, 3.05) is 0 Å². The van der Waals surface area contributed by atoms with Gasteiger partial charge in [0.2, 0.25) is 0 Å². The molecule has 23 heavy (non-hydrogen) atoms. The topological polar surface area (TPSA) is 114 Å². The van der Waals surface area contributed by atoms with Crippen LogP contribution >= 0.6 is 0 Å². The van der Waals surface area contributed by atoms with Gasteiger partial charge >= 0.3 is 37.7 Å². The van der Waals surface area contributed by atoms with Crippen LogP contribution in [0.15, 0.2) is 60.7 Å². The van der Waals surface area contributed by atoms with Gasteiger partial charge in [0.1, 0.15) is 0 Å². The molecule has 0 heterocycles. The van der Waals surface area contributed by atoms with Gasteiger partial charge in [-0.15, -0.1) is 0 Å². The van der Waals surface area contributed by atoms with Crippen molar-refractivity contribution < 1.29 is 25.9 Å². The van der Waals surface area contributed by atoms with Crippen molar-refractivity contribution in [1.82, 2.24) is 0 Å². The van der Waals surface area contributed by atoms with Gasteiger partial charge in [0, 0.05) is 0 Å².